The lowest BCUT2D eigenvalue weighted by atomic mass is 10.1. The van der Waals surface area contributed by atoms with E-state index in [2.05, 4.69) is 41.8 Å². The Bertz CT molecular complexity index is 461. The molecule has 108 valence electrons. The Labute approximate surface area is 123 Å². The van der Waals surface area contributed by atoms with E-state index in [1.807, 2.05) is 23.7 Å². The second kappa shape index (κ2) is 6.05. The maximum Gasteiger partial charge on any atom is 0.360 e. The van der Waals surface area contributed by atoms with Crippen molar-refractivity contribution in [3.63, 3.8) is 0 Å². The zero-order valence-corrected chi connectivity index (χ0v) is 14.0. The van der Waals surface area contributed by atoms with Gasteiger partial charge in [0.25, 0.3) is 0 Å². The number of hydrogen-bond donors (Lipinski definition) is 0. The van der Waals surface area contributed by atoms with Crippen molar-refractivity contribution in [1.29, 1.82) is 0 Å². The van der Waals surface area contributed by atoms with E-state index in [4.69, 9.17) is 4.74 Å². The molecule has 1 rings (SSSR count). The monoisotopic (exact) mass is 331 g/mol. The van der Waals surface area contributed by atoms with Gasteiger partial charge in [-0.3, -0.25) is 4.68 Å². The van der Waals surface area contributed by atoms with E-state index >= 15 is 0 Å². The van der Waals surface area contributed by atoms with Crippen LogP contribution in [-0.2, 0) is 16.8 Å². The average Bonchev–Trinajstić information content (AvgIpc) is 2.56. The molecule has 0 N–H and O–H groups in total. The fourth-order valence-electron chi connectivity index (χ4n) is 1.75. The molecule has 0 aliphatic rings. The first-order valence-corrected chi connectivity index (χ1v) is 7.07. The number of carbonyl (C=O) groups excluding carboxylic acids is 1. The maximum atomic E-state index is 11.9. The van der Waals surface area contributed by atoms with Crippen molar-refractivity contribution in [3.8, 4) is 0 Å². The molecule has 0 spiro atoms. The third kappa shape index (κ3) is 3.79. The molecule has 0 atom stereocenters. The summed E-state index contributed by atoms with van der Waals surface area (Å²) < 4.78 is 7.63. The standard InChI is InChI=1S/C13H22BrN3O2/c1-7-19-12(18)11-10(14)9(8-16(5)6)17(15-11)13(2,3)4/h7-8H2,1-6H3. The van der Waals surface area contributed by atoms with Crippen LogP contribution in [-0.4, -0.2) is 41.4 Å². The van der Waals surface area contributed by atoms with Gasteiger partial charge in [0.05, 0.1) is 22.3 Å². The molecular formula is C13H22BrN3O2. The number of rotatable bonds is 4. The van der Waals surface area contributed by atoms with Gasteiger partial charge in [-0.25, -0.2) is 4.79 Å². The summed E-state index contributed by atoms with van der Waals surface area (Å²) in [4.78, 5) is 13.9. The Hall–Kier alpha value is -0.880. The van der Waals surface area contributed by atoms with Gasteiger partial charge in [0.2, 0.25) is 0 Å². The van der Waals surface area contributed by atoms with Crippen molar-refractivity contribution in [2.75, 3.05) is 20.7 Å². The highest BCUT2D eigenvalue weighted by molar-refractivity contribution is 9.10. The van der Waals surface area contributed by atoms with Crippen LogP contribution in [0, 0.1) is 0 Å². The van der Waals surface area contributed by atoms with Crippen molar-refractivity contribution < 1.29 is 9.53 Å². The molecule has 5 nitrogen and oxygen atoms in total. The molecular weight excluding hydrogens is 310 g/mol. The molecule has 0 amide bonds. The van der Waals surface area contributed by atoms with Crippen LogP contribution in [0.25, 0.3) is 0 Å². The van der Waals surface area contributed by atoms with Gasteiger partial charge >= 0.3 is 5.97 Å². The van der Waals surface area contributed by atoms with Gasteiger partial charge in [0.1, 0.15) is 0 Å². The molecule has 0 saturated heterocycles. The Kier molecular flexibility index (Phi) is 5.15. The molecule has 0 radical (unpaired) electrons. The van der Waals surface area contributed by atoms with Crippen molar-refractivity contribution >= 4 is 21.9 Å². The quantitative estimate of drug-likeness (QED) is 0.796. The summed E-state index contributed by atoms with van der Waals surface area (Å²) in [5, 5.41) is 4.42. The van der Waals surface area contributed by atoms with E-state index < -0.39 is 5.97 Å². The predicted octanol–water partition coefficient (Wildman–Crippen LogP) is 2.64. The first-order valence-electron chi connectivity index (χ1n) is 6.28. The van der Waals surface area contributed by atoms with Crippen molar-refractivity contribution in [3.05, 3.63) is 15.9 Å². The number of carbonyl (C=O) groups is 1. The zero-order valence-electron chi connectivity index (χ0n) is 12.5. The van der Waals surface area contributed by atoms with Crippen LogP contribution in [0.5, 0.6) is 0 Å². The molecule has 6 heteroatoms. The van der Waals surface area contributed by atoms with Gasteiger partial charge in [0.15, 0.2) is 5.69 Å². The first kappa shape index (κ1) is 16.2. The van der Waals surface area contributed by atoms with Crippen LogP contribution >= 0.6 is 15.9 Å². The van der Waals surface area contributed by atoms with Crippen molar-refractivity contribution in [1.82, 2.24) is 14.7 Å². The molecule has 0 unspecified atom stereocenters. The predicted molar refractivity (Wildman–Crippen MR) is 78.3 cm³/mol. The lowest BCUT2D eigenvalue weighted by molar-refractivity contribution is 0.0516. The lowest BCUT2D eigenvalue weighted by Crippen LogP contribution is -2.27. The minimum atomic E-state index is -0.391. The minimum absolute atomic E-state index is 0.196. The summed E-state index contributed by atoms with van der Waals surface area (Å²) in [6, 6.07) is 0. The molecule has 1 heterocycles. The highest BCUT2D eigenvalue weighted by Crippen LogP contribution is 2.28. The van der Waals surface area contributed by atoms with Gasteiger partial charge < -0.3 is 9.64 Å². The zero-order chi connectivity index (χ0) is 14.8. The van der Waals surface area contributed by atoms with E-state index in [1.54, 1.807) is 6.92 Å². The molecule has 19 heavy (non-hydrogen) atoms. The maximum absolute atomic E-state index is 11.9. The lowest BCUT2D eigenvalue weighted by Gasteiger charge is -2.23. The molecule has 0 saturated carbocycles. The highest BCUT2D eigenvalue weighted by Gasteiger charge is 2.27. The topological polar surface area (TPSA) is 47.4 Å². The molecule has 1 aromatic rings. The minimum Gasteiger partial charge on any atom is -0.461 e. The number of esters is 1. The molecule has 0 fully saturated rings. The number of aromatic nitrogens is 2. The summed E-state index contributed by atoms with van der Waals surface area (Å²) >= 11 is 3.48. The molecule has 0 aromatic carbocycles. The highest BCUT2D eigenvalue weighted by atomic mass is 79.9. The van der Waals surface area contributed by atoms with Gasteiger partial charge in [-0.15, -0.1) is 0 Å². The SMILES string of the molecule is CCOC(=O)c1nn(C(C)(C)C)c(CN(C)C)c1Br. The number of halogens is 1. The molecule has 0 bridgehead atoms. The fraction of sp³-hybridized carbons (Fsp3) is 0.692. The third-order valence-electron chi connectivity index (χ3n) is 2.49. The summed E-state index contributed by atoms with van der Waals surface area (Å²) in [5.74, 6) is -0.391. The van der Waals surface area contributed by atoms with Crippen molar-refractivity contribution in [2.24, 2.45) is 0 Å². The van der Waals surface area contributed by atoms with E-state index in [0.717, 1.165) is 10.2 Å². The van der Waals surface area contributed by atoms with E-state index in [9.17, 15) is 4.79 Å². The third-order valence-corrected chi connectivity index (χ3v) is 3.32. The second-order valence-corrected chi connectivity index (χ2v) is 6.44. The van der Waals surface area contributed by atoms with E-state index in [0.29, 0.717) is 18.8 Å². The van der Waals surface area contributed by atoms with Crippen LogP contribution in [0.2, 0.25) is 0 Å². The van der Waals surface area contributed by atoms with Crippen LogP contribution in [0.3, 0.4) is 0 Å². The second-order valence-electron chi connectivity index (χ2n) is 5.65. The Morgan fingerprint density at radius 2 is 2.00 bits per heavy atom. The number of hydrogen-bond acceptors (Lipinski definition) is 4. The molecule has 0 aliphatic heterocycles. The summed E-state index contributed by atoms with van der Waals surface area (Å²) in [5.41, 5.74) is 1.12. The summed E-state index contributed by atoms with van der Waals surface area (Å²) in [6.07, 6.45) is 0. The summed E-state index contributed by atoms with van der Waals surface area (Å²) in [7, 11) is 3.97. The van der Waals surface area contributed by atoms with Gasteiger partial charge in [-0.05, 0) is 57.7 Å². The average molecular weight is 332 g/mol. The largest absolute Gasteiger partial charge is 0.461 e. The molecule has 0 aliphatic carbocycles. The van der Waals surface area contributed by atoms with Crippen LogP contribution < -0.4 is 0 Å². The Balaban J connectivity index is 3.30. The first-order chi connectivity index (χ1) is 8.68. The van der Waals surface area contributed by atoms with Gasteiger partial charge in [0, 0.05) is 6.54 Å². The van der Waals surface area contributed by atoms with Crippen LogP contribution in [0.1, 0.15) is 43.9 Å². The van der Waals surface area contributed by atoms with Gasteiger partial charge in [-0.2, -0.15) is 5.10 Å². The normalized spacial score (nSPS) is 12.0. The van der Waals surface area contributed by atoms with E-state index in [1.165, 1.54) is 0 Å². The van der Waals surface area contributed by atoms with Crippen molar-refractivity contribution in [2.45, 2.75) is 39.8 Å². The smallest absolute Gasteiger partial charge is 0.360 e. The Morgan fingerprint density at radius 1 is 1.42 bits per heavy atom. The number of nitrogens with zero attached hydrogens (tertiary/aromatic N) is 3. The fourth-order valence-corrected chi connectivity index (χ4v) is 2.29. The number of ether oxygens (including phenoxy) is 1. The summed E-state index contributed by atoms with van der Waals surface area (Å²) in [6.45, 7) is 9.00. The van der Waals surface area contributed by atoms with Crippen LogP contribution in [0.15, 0.2) is 4.47 Å². The molecule has 1 aromatic heterocycles. The van der Waals surface area contributed by atoms with E-state index in [-0.39, 0.29) is 5.54 Å². The Morgan fingerprint density at radius 3 is 2.42 bits per heavy atom. The van der Waals surface area contributed by atoms with Crippen LogP contribution in [0.4, 0.5) is 0 Å². The van der Waals surface area contributed by atoms with Gasteiger partial charge in [-0.1, -0.05) is 0 Å².